The molecule has 1 aliphatic carbocycles. The Bertz CT molecular complexity index is 1490. The summed E-state index contributed by atoms with van der Waals surface area (Å²) in [4.78, 5) is 35.0. The molecule has 0 unspecified atom stereocenters. The van der Waals surface area contributed by atoms with E-state index in [1.54, 1.807) is 17.4 Å². The lowest BCUT2D eigenvalue weighted by atomic mass is 9.81. The van der Waals surface area contributed by atoms with Crippen molar-refractivity contribution in [2.24, 2.45) is 0 Å². The number of imidazole rings is 1. The van der Waals surface area contributed by atoms with E-state index in [1.807, 2.05) is 62.7 Å². The van der Waals surface area contributed by atoms with Crippen LogP contribution in [0.15, 0.2) is 53.7 Å². The number of piperazine rings is 1. The summed E-state index contributed by atoms with van der Waals surface area (Å²) < 4.78 is 9.25. The summed E-state index contributed by atoms with van der Waals surface area (Å²) in [5.41, 5.74) is 1.74. The third-order valence-corrected chi connectivity index (χ3v) is 8.82. The van der Waals surface area contributed by atoms with Crippen molar-refractivity contribution in [1.29, 1.82) is 0 Å². The minimum absolute atomic E-state index is 0.117. The van der Waals surface area contributed by atoms with Gasteiger partial charge in [-0.15, -0.1) is 0 Å². The van der Waals surface area contributed by atoms with Crippen LogP contribution in [-0.4, -0.2) is 69.2 Å². The number of aryl methyl sites for hydroxylation is 3. The summed E-state index contributed by atoms with van der Waals surface area (Å²) in [6.45, 7) is 9.43. The summed E-state index contributed by atoms with van der Waals surface area (Å²) in [5, 5.41) is 17.5. The number of aromatic nitrogens is 3. The maximum atomic E-state index is 14.0. The van der Waals surface area contributed by atoms with Gasteiger partial charge in [-0.1, -0.05) is 17.7 Å². The predicted molar refractivity (Wildman–Crippen MR) is 167 cm³/mol. The van der Waals surface area contributed by atoms with Crippen molar-refractivity contribution in [2.75, 3.05) is 26.2 Å². The molecule has 1 N–H and O–H groups in total. The average molecular weight is 674 g/mol. The Morgan fingerprint density at radius 1 is 1.23 bits per heavy atom. The van der Waals surface area contributed by atoms with Crippen LogP contribution < -0.4 is 10.0 Å². The highest BCUT2D eigenvalue weighted by atomic mass is 79.9. The number of hydrogen-bond donors (Lipinski definition) is 1. The molecule has 230 valence electrons. The molecule has 10 nitrogen and oxygen atoms in total. The van der Waals surface area contributed by atoms with Gasteiger partial charge in [0.15, 0.2) is 6.20 Å². The van der Waals surface area contributed by atoms with Gasteiger partial charge in [0.2, 0.25) is 11.6 Å². The van der Waals surface area contributed by atoms with Gasteiger partial charge in [0.1, 0.15) is 17.2 Å². The molecule has 2 amide bonds. The fraction of sp³-hybridized carbons (Fsp3) is 0.484. The van der Waals surface area contributed by atoms with E-state index in [0.717, 1.165) is 21.4 Å². The molecule has 2 aromatic heterocycles. The Morgan fingerprint density at radius 3 is 2.72 bits per heavy atom. The fourth-order valence-electron chi connectivity index (χ4n) is 6.28. The van der Waals surface area contributed by atoms with Crippen LogP contribution in [0.3, 0.4) is 0 Å². The van der Waals surface area contributed by atoms with Crippen LogP contribution in [0.2, 0.25) is 5.02 Å². The van der Waals surface area contributed by atoms with Gasteiger partial charge in [0.25, 0.3) is 0 Å². The van der Waals surface area contributed by atoms with Crippen LogP contribution >= 0.6 is 27.5 Å². The lowest BCUT2D eigenvalue weighted by molar-refractivity contribution is -0.620. The van der Waals surface area contributed by atoms with E-state index < -0.39 is 23.3 Å². The van der Waals surface area contributed by atoms with Gasteiger partial charge in [0.05, 0.1) is 10.8 Å². The number of ether oxygens (including phenoxy) is 1. The average Bonchev–Trinajstić information content (AvgIpc) is 3.42. The van der Waals surface area contributed by atoms with Crippen molar-refractivity contribution in [3.05, 3.63) is 86.3 Å². The Kier molecular flexibility index (Phi) is 9.06. The van der Waals surface area contributed by atoms with Crippen LogP contribution in [-0.2, 0) is 34.5 Å². The number of nitrogens with zero attached hydrogens (tertiary/aromatic N) is 5. The van der Waals surface area contributed by atoms with Crippen molar-refractivity contribution in [3.8, 4) is 0 Å². The second kappa shape index (κ2) is 12.5. The summed E-state index contributed by atoms with van der Waals surface area (Å²) in [5.74, 6) is -0.212. The Hall–Kier alpha value is -3.15. The molecule has 2 aliphatic rings. The van der Waals surface area contributed by atoms with Gasteiger partial charge in [-0.25, -0.2) is 9.78 Å². The van der Waals surface area contributed by atoms with Gasteiger partial charge < -0.3 is 24.7 Å². The zero-order valence-electron chi connectivity index (χ0n) is 25.0. The highest BCUT2D eigenvalue weighted by Crippen LogP contribution is 2.43. The van der Waals surface area contributed by atoms with E-state index in [4.69, 9.17) is 16.3 Å². The van der Waals surface area contributed by atoms with Gasteiger partial charge >= 0.3 is 6.09 Å². The number of carbonyl (C=O) groups is 2. The predicted octanol–water partition coefficient (Wildman–Crippen LogP) is 4.42. The number of nitrogens with one attached hydrogen (secondary N) is 1. The first-order valence-corrected chi connectivity index (χ1v) is 15.7. The smallest absolute Gasteiger partial charge is 0.410 e. The normalized spacial score (nSPS) is 20.6. The quantitative estimate of drug-likeness (QED) is 0.236. The van der Waals surface area contributed by atoms with Gasteiger partial charge in [0, 0.05) is 55.7 Å². The molecule has 1 aliphatic heterocycles. The SMILES string of the molecule is CC(C)(C)OC(=O)N1CCN([C@]2(C)c3ccc(Cl)cc3CCc3cc(Br)c[n+]([O-])c32)[C@@H](C(=O)NCCCn2ccnc2)C1. The second-order valence-corrected chi connectivity index (χ2v) is 13.7. The number of carbonyl (C=O) groups excluding carboxylic acids is 2. The largest absolute Gasteiger partial charge is 0.618 e. The topological polar surface area (TPSA) is 107 Å². The van der Waals surface area contributed by atoms with Crippen molar-refractivity contribution in [3.63, 3.8) is 0 Å². The molecule has 43 heavy (non-hydrogen) atoms. The van der Waals surface area contributed by atoms with E-state index in [2.05, 4.69) is 31.1 Å². The molecule has 0 bridgehead atoms. The fourth-order valence-corrected chi connectivity index (χ4v) is 6.94. The molecular formula is C31H38BrClN6O4. The maximum Gasteiger partial charge on any atom is 0.410 e. The standard InChI is InChI=1S/C31H38BrClN6O4/c1-30(2,3)43-29(41)37-14-15-38(26(19-37)28(40)35-10-5-12-36-13-11-34-20-36)31(4)25-9-8-24(33)17-21(25)6-7-22-16-23(32)18-39(42)27(22)31/h8-9,11,13,16-18,20,26H,5-7,10,12,14-15,19H2,1-4H3,(H,35,40)/t26-,31-/m1/s1. The number of hydrogen-bond acceptors (Lipinski definition) is 6. The zero-order valence-corrected chi connectivity index (χ0v) is 27.3. The second-order valence-electron chi connectivity index (χ2n) is 12.3. The number of pyridine rings is 1. The van der Waals surface area contributed by atoms with Crippen LogP contribution in [0.25, 0.3) is 0 Å². The zero-order chi connectivity index (χ0) is 30.9. The van der Waals surface area contributed by atoms with Crippen LogP contribution in [0.5, 0.6) is 0 Å². The molecule has 3 heterocycles. The number of halogens is 2. The van der Waals surface area contributed by atoms with Crippen LogP contribution in [0.4, 0.5) is 4.79 Å². The molecule has 1 fully saturated rings. The van der Waals surface area contributed by atoms with Gasteiger partial charge in [-0.05, 0) is 92.2 Å². The Labute approximate surface area is 265 Å². The lowest BCUT2D eigenvalue weighted by Gasteiger charge is -2.49. The number of fused-ring (bicyclic) bond motifs is 2. The van der Waals surface area contributed by atoms with E-state index >= 15 is 0 Å². The first-order chi connectivity index (χ1) is 20.4. The highest BCUT2D eigenvalue weighted by Gasteiger charge is 2.52. The first-order valence-electron chi connectivity index (χ1n) is 14.6. The third kappa shape index (κ3) is 6.68. The monoisotopic (exact) mass is 672 g/mol. The highest BCUT2D eigenvalue weighted by molar-refractivity contribution is 9.10. The molecule has 0 saturated carbocycles. The molecule has 1 aromatic carbocycles. The molecule has 0 radical (unpaired) electrons. The first kappa shape index (κ1) is 31.3. The summed E-state index contributed by atoms with van der Waals surface area (Å²) in [6.07, 6.45) is 8.44. The molecule has 1 saturated heterocycles. The Morgan fingerprint density at radius 2 is 2.00 bits per heavy atom. The molecular weight excluding hydrogens is 636 g/mol. The van der Waals surface area contributed by atoms with E-state index in [9.17, 15) is 14.8 Å². The minimum atomic E-state index is -0.993. The van der Waals surface area contributed by atoms with Crippen molar-refractivity contribution >= 4 is 39.5 Å². The van der Waals surface area contributed by atoms with Crippen LogP contribution in [0.1, 0.15) is 56.5 Å². The van der Waals surface area contributed by atoms with Crippen molar-refractivity contribution in [1.82, 2.24) is 24.7 Å². The van der Waals surface area contributed by atoms with Crippen LogP contribution in [0, 0.1) is 5.21 Å². The van der Waals surface area contributed by atoms with E-state index in [-0.39, 0.29) is 12.5 Å². The van der Waals surface area contributed by atoms with Crippen molar-refractivity contribution in [2.45, 2.75) is 70.7 Å². The number of amides is 2. The van der Waals surface area contributed by atoms with Gasteiger partial charge in [-0.3, -0.25) is 9.69 Å². The van der Waals surface area contributed by atoms with Gasteiger partial charge in [-0.2, -0.15) is 4.73 Å². The lowest BCUT2D eigenvalue weighted by Crippen LogP contribution is -2.67. The molecule has 12 heteroatoms. The third-order valence-electron chi connectivity index (χ3n) is 8.15. The Balaban J connectivity index is 1.54. The minimum Gasteiger partial charge on any atom is -0.618 e. The molecule has 5 rings (SSSR count). The maximum absolute atomic E-state index is 14.0. The molecule has 2 atom stereocenters. The molecule has 3 aromatic rings. The molecule has 0 spiro atoms. The van der Waals surface area contributed by atoms with E-state index in [0.29, 0.717) is 60.6 Å². The number of benzene rings is 1. The summed E-state index contributed by atoms with van der Waals surface area (Å²) >= 11 is 9.95. The van der Waals surface area contributed by atoms with E-state index in [1.165, 1.54) is 6.20 Å². The summed E-state index contributed by atoms with van der Waals surface area (Å²) in [7, 11) is 0. The number of rotatable bonds is 6. The summed E-state index contributed by atoms with van der Waals surface area (Å²) in [6, 6.07) is 6.98. The van der Waals surface area contributed by atoms with Crippen molar-refractivity contribution < 1.29 is 19.1 Å².